The second kappa shape index (κ2) is 7.12. The van der Waals surface area contributed by atoms with Crippen molar-refractivity contribution in [3.63, 3.8) is 0 Å². The molecule has 0 spiro atoms. The van der Waals surface area contributed by atoms with Crippen LogP contribution in [0.2, 0.25) is 5.02 Å². The van der Waals surface area contributed by atoms with Crippen molar-refractivity contribution in [1.82, 2.24) is 10.1 Å². The molecule has 1 aromatic heterocycles. The van der Waals surface area contributed by atoms with E-state index >= 15 is 0 Å². The molecular formula is C16H15ClN4O5. The second-order valence-electron chi connectivity index (χ2n) is 5.85. The summed E-state index contributed by atoms with van der Waals surface area (Å²) in [4.78, 5) is 38.1. The second-order valence-corrected chi connectivity index (χ2v) is 6.26. The van der Waals surface area contributed by atoms with E-state index < -0.39 is 10.8 Å². The van der Waals surface area contributed by atoms with Crippen molar-refractivity contribution >= 4 is 34.9 Å². The summed E-state index contributed by atoms with van der Waals surface area (Å²) in [6, 6.07) is 5.16. The number of nitro groups is 1. The Bertz CT molecular complexity index is 881. The van der Waals surface area contributed by atoms with Crippen LogP contribution in [-0.2, 0) is 4.79 Å². The first-order chi connectivity index (χ1) is 12.4. The molecule has 0 unspecified atom stereocenters. The molecule has 136 valence electrons. The molecule has 10 heteroatoms. The molecule has 1 aliphatic heterocycles. The molecule has 0 aliphatic carbocycles. The quantitative estimate of drug-likeness (QED) is 0.584. The van der Waals surface area contributed by atoms with Crippen molar-refractivity contribution < 1.29 is 19.0 Å². The summed E-state index contributed by atoms with van der Waals surface area (Å²) < 4.78 is 5.03. The van der Waals surface area contributed by atoms with Crippen LogP contribution >= 0.6 is 11.6 Å². The molecule has 0 saturated carbocycles. The third kappa shape index (κ3) is 3.52. The summed E-state index contributed by atoms with van der Waals surface area (Å²) in [6.45, 7) is 2.14. The number of hydrogen-bond acceptors (Lipinski definition) is 6. The van der Waals surface area contributed by atoms with Gasteiger partial charge in [-0.25, -0.2) is 0 Å². The molecule has 0 N–H and O–H groups in total. The summed E-state index contributed by atoms with van der Waals surface area (Å²) in [5.74, 6) is 0.00492. The van der Waals surface area contributed by atoms with Crippen molar-refractivity contribution in [2.75, 3.05) is 18.1 Å². The number of aromatic nitrogens is 1. The zero-order valence-corrected chi connectivity index (χ0v) is 14.6. The van der Waals surface area contributed by atoms with Crippen LogP contribution in [0.1, 0.15) is 29.0 Å². The van der Waals surface area contributed by atoms with Crippen molar-refractivity contribution in [1.29, 1.82) is 0 Å². The number of non-ortho nitro benzene ring substituents is 1. The standard InChI is InChI=1S/C16H15ClN4O5/c1-10-7-14(18-26-10)20(9-19-6-2-3-15(19)22)16(23)12-8-11(21(24)25)4-5-13(12)17/h4-5,7-8H,2-3,6,9H2,1H3. The highest BCUT2D eigenvalue weighted by Gasteiger charge is 2.29. The van der Waals surface area contributed by atoms with E-state index in [9.17, 15) is 19.7 Å². The zero-order chi connectivity index (χ0) is 18.8. The van der Waals surface area contributed by atoms with Gasteiger partial charge in [0.2, 0.25) is 5.91 Å². The number of carbonyl (C=O) groups excluding carboxylic acids is 2. The summed E-state index contributed by atoms with van der Waals surface area (Å²) in [7, 11) is 0. The number of benzene rings is 1. The summed E-state index contributed by atoms with van der Waals surface area (Å²) in [5, 5.41) is 14.9. The van der Waals surface area contributed by atoms with Crippen molar-refractivity contribution in [2.45, 2.75) is 19.8 Å². The van der Waals surface area contributed by atoms with Gasteiger partial charge >= 0.3 is 0 Å². The van der Waals surface area contributed by atoms with E-state index in [1.807, 2.05) is 0 Å². The lowest BCUT2D eigenvalue weighted by molar-refractivity contribution is -0.384. The van der Waals surface area contributed by atoms with Gasteiger partial charge in [-0.3, -0.25) is 24.6 Å². The molecule has 0 radical (unpaired) electrons. The van der Waals surface area contributed by atoms with E-state index in [4.69, 9.17) is 16.1 Å². The Hall–Kier alpha value is -2.94. The highest BCUT2D eigenvalue weighted by Crippen LogP contribution is 2.26. The minimum absolute atomic E-state index is 0.0390. The highest BCUT2D eigenvalue weighted by atomic mass is 35.5. The molecule has 9 nitrogen and oxygen atoms in total. The Labute approximate surface area is 153 Å². The van der Waals surface area contributed by atoms with Crippen LogP contribution in [0.25, 0.3) is 0 Å². The zero-order valence-electron chi connectivity index (χ0n) is 13.8. The van der Waals surface area contributed by atoms with Crippen LogP contribution in [0.5, 0.6) is 0 Å². The topological polar surface area (TPSA) is 110 Å². The average molecular weight is 379 g/mol. The normalized spacial score (nSPS) is 13.9. The van der Waals surface area contributed by atoms with Gasteiger partial charge in [-0.1, -0.05) is 16.8 Å². The molecule has 2 heterocycles. The summed E-state index contributed by atoms with van der Waals surface area (Å²) in [6.07, 6.45) is 1.12. The number of nitrogens with zero attached hydrogens (tertiary/aromatic N) is 4. The van der Waals surface area contributed by atoms with Gasteiger partial charge in [0.1, 0.15) is 12.4 Å². The fraction of sp³-hybridized carbons (Fsp3) is 0.312. The van der Waals surface area contributed by atoms with Gasteiger partial charge in [-0.05, 0) is 19.4 Å². The van der Waals surface area contributed by atoms with Gasteiger partial charge in [0.05, 0.1) is 15.5 Å². The van der Waals surface area contributed by atoms with Crippen LogP contribution in [0.3, 0.4) is 0 Å². The Morgan fingerprint density at radius 2 is 2.23 bits per heavy atom. The van der Waals surface area contributed by atoms with Crippen molar-refractivity contribution in [3.05, 3.63) is 50.7 Å². The SMILES string of the molecule is Cc1cc(N(CN2CCCC2=O)C(=O)c2cc([N+](=O)[O-])ccc2Cl)no1. The Morgan fingerprint density at radius 3 is 2.81 bits per heavy atom. The average Bonchev–Trinajstić information content (AvgIpc) is 3.20. The lowest BCUT2D eigenvalue weighted by atomic mass is 10.1. The van der Waals surface area contributed by atoms with Gasteiger partial charge < -0.3 is 9.42 Å². The number of hydrogen-bond donors (Lipinski definition) is 0. The van der Waals surface area contributed by atoms with Gasteiger partial charge in [-0.2, -0.15) is 0 Å². The number of aryl methyl sites for hydroxylation is 1. The molecule has 1 fully saturated rings. The Kier molecular flexibility index (Phi) is 4.90. The van der Waals surface area contributed by atoms with E-state index in [1.54, 1.807) is 13.0 Å². The lowest BCUT2D eigenvalue weighted by Crippen LogP contribution is -2.42. The van der Waals surface area contributed by atoms with Crippen LogP contribution in [0.15, 0.2) is 28.8 Å². The monoisotopic (exact) mass is 378 g/mol. The van der Waals surface area contributed by atoms with Gasteiger partial charge in [-0.15, -0.1) is 0 Å². The number of rotatable bonds is 5. The number of nitro benzene ring substituents is 1. The molecule has 1 aromatic carbocycles. The molecule has 2 amide bonds. The first-order valence-electron chi connectivity index (χ1n) is 7.83. The maximum atomic E-state index is 13.0. The third-order valence-corrected chi connectivity index (χ3v) is 4.34. The first kappa shape index (κ1) is 17.9. The fourth-order valence-corrected chi connectivity index (χ4v) is 2.88. The summed E-state index contributed by atoms with van der Waals surface area (Å²) in [5.41, 5.74) is -0.306. The highest BCUT2D eigenvalue weighted by molar-refractivity contribution is 6.34. The predicted molar refractivity (Wildman–Crippen MR) is 92.0 cm³/mol. The lowest BCUT2D eigenvalue weighted by Gasteiger charge is -2.26. The molecule has 0 bridgehead atoms. The van der Waals surface area contributed by atoms with Gasteiger partial charge in [0.15, 0.2) is 5.82 Å². The molecule has 26 heavy (non-hydrogen) atoms. The number of carbonyl (C=O) groups is 2. The molecule has 1 saturated heterocycles. The molecule has 0 atom stereocenters. The maximum Gasteiger partial charge on any atom is 0.270 e. The number of likely N-dealkylation sites (tertiary alicyclic amines) is 1. The van der Waals surface area contributed by atoms with E-state index in [0.29, 0.717) is 25.1 Å². The van der Waals surface area contributed by atoms with E-state index in [-0.39, 0.29) is 34.7 Å². The number of amides is 2. The van der Waals surface area contributed by atoms with E-state index in [1.165, 1.54) is 21.9 Å². The summed E-state index contributed by atoms with van der Waals surface area (Å²) >= 11 is 6.08. The van der Waals surface area contributed by atoms with Crippen molar-refractivity contribution in [2.24, 2.45) is 0 Å². The Morgan fingerprint density at radius 1 is 1.46 bits per heavy atom. The minimum Gasteiger partial charge on any atom is -0.360 e. The van der Waals surface area contributed by atoms with E-state index in [0.717, 1.165) is 6.07 Å². The Balaban J connectivity index is 1.98. The molecule has 2 aromatic rings. The maximum absolute atomic E-state index is 13.0. The third-order valence-electron chi connectivity index (χ3n) is 4.01. The molecule has 3 rings (SSSR count). The number of anilines is 1. The van der Waals surface area contributed by atoms with Gasteiger partial charge in [0.25, 0.3) is 11.6 Å². The van der Waals surface area contributed by atoms with Crippen molar-refractivity contribution in [3.8, 4) is 0 Å². The first-order valence-corrected chi connectivity index (χ1v) is 8.21. The van der Waals surface area contributed by atoms with Crippen LogP contribution < -0.4 is 4.90 Å². The molecule has 1 aliphatic rings. The van der Waals surface area contributed by atoms with Crippen LogP contribution in [0, 0.1) is 17.0 Å². The fourth-order valence-electron chi connectivity index (χ4n) is 2.68. The van der Waals surface area contributed by atoms with Crippen LogP contribution in [-0.4, -0.2) is 40.0 Å². The smallest absolute Gasteiger partial charge is 0.270 e. The van der Waals surface area contributed by atoms with Crippen LogP contribution in [0.4, 0.5) is 11.5 Å². The largest absolute Gasteiger partial charge is 0.360 e. The minimum atomic E-state index is -0.609. The predicted octanol–water partition coefficient (Wildman–Crippen LogP) is 2.77. The number of halogens is 1. The van der Waals surface area contributed by atoms with E-state index in [2.05, 4.69) is 5.16 Å². The van der Waals surface area contributed by atoms with Gasteiger partial charge in [0, 0.05) is 31.2 Å². The molecular weight excluding hydrogens is 364 g/mol.